The number of phenolic OH excluding ortho intramolecular Hbond substituents is 3. The van der Waals surface area contributed by atoms with Gasteiger partial charge >= 0.3 is 11.9 Å². The van der Waals surface area contributed by atoms with Crippen molar-refractivity contribution in [3.8, 4) is 17.2 Å². The molecule has 2 atom stereocenters. The zero-order valence-electron chi connectivity index (χ0n) is 38.4. The van der Waals surface area contributed by atoms with Crippen molar-refractivity contribution in [2.75, 3.05) is 13.1 Å². The molecule has 11 N–H and O–H groups in total. The van der Waals surface area contributed by atoms with Crippen LogP contribution in [0.1, 0.15) is 83.7 Å². The number of hydrogen-bond acceptors (Lipinski definition) is 12. The first-order valence-electron chi connectivity index (χ1n) is 21.5. The average Bonchev–Trinajstić information content (AvgIpc) is 3.87. The van der Waals surface area contributed by atoms with E-state index in [0.717, 1.165) is 23.8 Å². The number of benzene rings is 5. The minimum atomic E-state index is -1.60. The number of carboxylic acid groups (broad SMARTS) is 2. The molecule has 0 aliphatic heterocycles. The molecule has 0 unspecified atom stereocenters. The SMILES string of the molecule is Cc1cc(C(=O)NCc2cccc(Cl)c2)cc(C)c1C(=O)N[C@@H](CNC(=O)c1cccs1)C(=O)O.O=C(NCc1cccc(O)c1)c1cc(Cl)c(C(=O)N[C@@H](CNC(=O)c2cc(O)cc(O)c2)C(=O)O)c(Cl)c1. The summed E-state index contributed by atoms with van der Waals surface area (Å²) < 4.78 is 0. The van der Waals surface area contributed by atoms with Crippen LogP contribution in [0.2, 0.25) is 15.1 Å². The van der Waals surface area contributed by atoms with Crippen molar-refractivity contribution in [3.63, 3.8) is 0 Å². The van der Waals surface area contributed by atoms with E-state index in [1.54, 1.807) is 73.8 Å². The minimum Gasteiger partial charge on any atom is -0.508 e. The summed E-state index contributed by atoms with van der Waals surface area (Å²) in [5.74, 6) is -7.16. The van der Waals surface area contributed by atoms with Gasteiger partial charge in [0.25, 0.3) is 35.4 Å². The molecule has 0 bridgehead atoms. The molecule has 0 aliphatic rings. The molecule has 6 rings (SSSR count). The minimum absolute atomic E-state index is 0.0353. The number of carboxylic acids is 2. The Morgan fingerprint density at radius 1 is 0.493 bits per heavy atom. The van der Waals surface area contributed by atoms with Gasteiger partial charge in [-0.1, -0.05) is 65.1 Å². The molecule has 380 valence electrons. The molecule has 19 nitrogen and oxygen atoms in total. The fourth-order valence-corrected chi connectivity index (χ4v) is 8.34. The van der Waals surface area contributed by atoms with E-state index in [-0.39, 0.29) is 75.1 Å². The molecule has 0 spiro atoms. The lowest BCUT2D eigenvalue weighted by Crippen LogP contribution is -2.48. The number of aromatic hydroxyl groups is 3. The van der Waals surface area contributed by atoms with Gasteiger partial charge < -0.3 is 57.4 Å². The van der Waals surface area contributed by atoms with E-state index >= 15 is 0 Å². The number of nitrogens with one attached hydrogen (secondary N) is 6. The van der Waals surface area contributed by atoms with E-state index in [1.807, 2.05) is 6.07 Å². The summed E-state index contributed by atoms with van der Waals surface area (Å²) in [5, 5.41) is 64.3. The molecule has 1 heterocycles. The summed E-state index contributed by atoms with van der Waals surface area (Å²) in [6.07, 6.45) is 0. The zero-order valence-corrected chi connectivity index (χ0v) is 41.5. The van der Waals surface area contributed by atoms with Crippen LogP contribution < -0.4 is 31.9 Å². The van der Waals surface area contributed by atoms with Gasteiger partial charge in [-0.3, -0.25) is 28.8 Å². The van der Waals surface area contributed by atoms with Gasteiger partial charge in [0.15, 0.2) is 0 Å². The van der Waals surface area contributed by atoms with Crippen LogP contribution in [-0.4, -0.2) is 98.1 Å². The molecule has 0 radical (unpaired) electrons. The molecule has 1 aromatic heterocycles. The Balaban J connectivity index is 0.000000272. The zero-order chi connectivity index (χ0) is 53.5. The average molecular weight is 1080 g/mol. The third-order valence-electron chi connectivity index (χ3n) is 10.3. The number of carbonyl (C=O) groups excluding carboxylic acids is 6. The highest BCUT2D eigenvalue weighted by Crippen LogP contribution is 2.27. The maximum absolute atomic E-state index is 12.9. The van der Waals surface area contributed by atoms with Gasteiger partial charge in [-0.05, 0) is 108 Å². The largest absolute Gasteiger partial charge is 0.508 e. The normalized spacial score (nSPS) is 11.4. The molecule has 5 aromatic carbocycles. The fourth-order valence-electron chi connectivity index (χ4n) is 6.83. The number of phenols is 3. The second kappa shape index (κ2) is 25.8. The maximum atomic E-state index is 12.9. The Morgan fingerprint density at radius 2 is 0.959 bits per heavy atom. The van der Waals surface area contributed by atoms with Gasteiger partial charge in [0.1, 0.15) is 29.3 Å². The highest BCUT2D eigenvalue weighted by atomic mass is 35.5. The number of rotatable bonds is 18. The molecule has 0 saturated carbocycles. The highest BCUT2D eigenvalue weighted by molar-refractivity contribution is 7.12. The predicted molar refractivity (Wildman–Crippen MR) is 271 cm³/mol. The lowest BCUT2D eigenvalue weighted by molar-refractivity contribution is -0.140. The van der Waals surface area contributed by atoms with Gasteiger partial charge in [-0.25, -0.2) is 9.59 Å². The van der Waals surface area contributed by atoms with Crippen LogP contribution in [0, 0.1) is 13.8 Å². The Labute approximate surface area is 435 Å². The van der Waals surface area contributed by atoms with Crippen LogP contribution in [0.15, 0.2) is 109 Å². The maximum Gasteiger partial charge on any atom is 0.328 e. The quantitative estimate of drug-likeness (QED) is 0.0457. The monoisotopic (exact) mass is 1070 g/mol. The van der Waals surface area contributed by atoms with Crippen LogP contribution in [0.5, 0.6) is 17.2 Å². The number of halogens is 3. The van der Waals surface area contributed by atoms with Crippen molar-refractivity contribution < 1.29 is 63.9 Å². The van der Waals surface area contributed by atoms with Crippen LogP contribution >= 0.6 is 46.1 Å². The number of carbonyl (C=O) groups is 8. The van der Waals surface area contributed by atoms with Crippen molar-refractivity contribution in [2.24, 2.45) is 0 Å². The number of aryl methyl sites for hydroxylation is 2. The summed E-state index contributed by atoms with van der Waals surface area (Å²) >= 11 is 19.6. The fraction of sp³-hybridized carbons (Fsp3) is 0.160. The van der Waals surface area contributed by atoms with Crippen LogP contribution in [-0.2, 0) is 22.7 Å². The van der Waals surface area contributed by atoms with E-state index in [4.69, 9.17) is 34.8 Å². The van der Waals surface area contributed by atoms with Crippen LogP contribution in [0.3, 0.4) is 0 Å². The topological polar surface area (TPSA) is 310 Å². The van der Waals surface area contributed by atoms with Crippen molar-refractivity contribution in [3.05, 3.63) is 179 Å². The Kier molecular flexibility index (Phi) is 19.7. The van der Waals surface area contributed by atoms with E-state index in [1.165, 1.54) is 35.6 Å². The molecule has 0 fully saturated rings. The van der Waals surface area contributed by atoms with Crippen molar-refractivity contribution in [1.82, 2.24) is 31.9 Å². The standard InChI is InChI=1S/C25H21Cl2N3O8.C25H24ClN3O5S/c26-18-7-14(23(35)28-10-12-2-1-3-15(31)4-12)8-19(27)21(18)24(36)30-20(25(37)38)11-29-22(34)13-5-16(32)9-17(33)6-13;1-14-9-17(22(30)27-12-16-5-3-6-18(26)11-16)10-15(2)21(14)24(32)29-19(25(33)34)13-28-23(31)20-7-4-8-35-20/h1-9,20,31-33H,10-11H2,(H,28,35)(H,29,34)(H,30,36)(H,37,38);3-11,19H,12-13H2,1-2H3,(H,27,30)(H,28,31)(H,29,32)(H,33,34)/t20-;19-/m00/s1. The molecule has 6 amide bonds. The first-order chi connectivity index (χ1) is 34.6. The van der Waals surface area contributed by atoms with Gasteiger partial charge in [-0.15, -0.1) is 11.3 Å². The van der Waals surface area contributed by atoms with E-state index in [9.17, 15) is 63.9 Å². The Hall–Kier alpha value is -8.17. The van der Waals surface area contributed by atoms with Gasteiger partial charge in [-0.2, -0.15) is 0 Å². The Morgan fingerprint density at radius 3 is 1.45 bits per heavy atom. The lowest BCUT2D eigenvalue weighted by atomic mass is 9.98. The molecule has 0 saturated heterocycles. The predicted octanol–water partition coefficient (Wildman–Crippen LogP) is 6.21. The van der Waals surface area contributed by atoms with E-state index in [2.05, 4.69) is 31.9 Å². The van der Waals surface area contributed by atoms with E-state index < -0.39 is 60.1 Å². The summed E-state index contributed by atoms with van der Waals surface area (Å²) in [4.78, 5) is 99.0. The van der Waals surface area contributed by atoms with Crippen LogP contribution in [0.25, 0.3) is 0 Å². The Bertz CT molecular complexity index is 3020. The van der Waals surface area contributed by atoms with E-state index in [0.29, 0.717) is 32.2 Å². The van der Waals surface area contributed by atoms with Gasteiger partial charge in [0.05, 0.1) is 20.5 Å². The molecule has 23 heteroatoms. The number of thiophene rings is 1. The summed E-state index contributed by atoms with van der Waals surface area (Å²) in [7, 11) is 0. The first-order valence-corrected chi connectivity index (χ1v) is 23.5. The number of aliphatic carboxylic acids is 2. The molecule has 73 heavy (non-hydrogen) atoms. The second-order valence-corrected chi connectivity index (χ2v) is 18.0. The van der Waals surface area contributed by atoms with Gasteiger partial charge in [0.2, 0.25) is 0 Å². The molecular weight excluding hydrogens is 1030 g/mol. The summed E-state index contributed by atoms with van der Waals surface area (Å²) in [6.45, 7) is 2.89. The van der Waals surface area contributed by atoms with Crippen LogP contribution in [0.4, 0.5) is 0 Å². The number of amides is 6. The molecule has 6 aromatic rings. The van der Waals surface area contributed by atoms with Crippen molar-refractivity contribution in [1.29, 1.82) is 0 Å². The highest BCUT2D eigenvalue weighted by Gasteiger charge is 2.27. The smallest absolute Gasteiger partial charge is 0.328 e. The summed E-state index contributed by atoms with van der Waals surface area (Å²) in [5.41, 5.74) is 2.77. The third-order valence-corrected chi connectivity index (χ3v) is 12.0. The lowest BCUT2D eigenvalue weighted by Gasteiger charge is -2.18. The molecule has 0 aliphatic carbocycles. The van der Waals surface area contributed by atoms with Gasteiger partial charge in [0, 0.05) is 59.5 Å². The second-order valence-electron chi connectivity index (χ2n) is 15.8. The molecular formula is C50H45Cl3N6O13S. The number of hydrogen-bond donors (Lipinski definition) is 11. The third kappa shape index (κ3) is 16.2. The van der Waals surface area contributed by atoms with Crippen molar-refractivity contribution in [2.45, 2.75) is 39.0 Å². The first kappa shape index (κ1) is 55.8. The van der Waals surface area contributed by atoms with Crippen molar-refractivity contribution >= 4 is 93.5 Å². The summed E-state index contributed by atoms with van der Waals surface area (Å²) in [6, 6.07) is 22.5.